The summed E-state index contributed by atoms with van der Waals surface area (Å²) in [6.07, 6.45) is 0.289. The number of ether oxygens (including phenoxy) is 2. The summed E-state index contributed by atoms with van der Waals surface area (Å²) in [6.45, 7) is 2.10. The number of nitrogens with one attached hydrogen (secondary N) is 1. The van der Waals surface area contributed by atoms with E-state index in [-0.39, 0.29) is 37.4 Å². The van der Waals surface area contributed by atoms with E-state index >= 15 is 0 Å². The first kappa shape index (κ1) is 17.3. The number of fused-ring (bicyclic) bond motifs is 1. The summed E-state index contributed by atoms with van der Waals surface area (Å²) in [7, 11) is 0. The predicted octanol–water partition coefficient (Wildman–Crippen LogP) is 3.91. The van der Waals surface area contributed by atoms with Crippen LogP contribution in [0.2, 0.25) is 5.02 Å². The van der Waals surface area contributed by atoms with Crippen molar-refractivity contribution >= 4 is 23.3 Å². The second kappa shape index (κ2) is 7.57. The molecule has 0 aromatic heterocycles. The zero-order valence-electron chi connectivity index (χ0n) is 13.8. The normalized spacial score (nSPS) is 13.4. The zero-order chi connectivity index (χ0) is 17.8. The van der Waals surface area contributed by atoms with Gasteiger partial charge < -0.3 is 14.8 Å². The van der Waals surface area contributed by atoms with Crippen molar-refractivity contribution in [2.75, 3.05) is 6.79 Å². The molecule has 1 N–H and O–H groups in total. The summed E-state index contributed by atoms with van der Waals surface area (Å²) in [6, 6.07) is 12.0. The third-order valence-electron chi connectivity index (χ3n) is 4.02. The zero-order valence-corrected chi connectivity index (χ0v) is 14.5. The Bertz CT molecular complexity index is 789. The molecular formula is C19H18ClNO4. The molecule has 1 amide bonds. The molecule has 0 unspecified atom stereocenters. The fourth-order valence-corrected chi connectivity index (χ4v) is 2.71. The van der Waals surface area contributed by atoms with Gasteiger partial charge >= 0.3 is 0 Å². The largest absolute Gasteiger partial charge is 0.454 e. The predicted molar refractivity (Wildman–Crippen MR) is 94.1 cm³/mol. The van der Waals surface area contributed by atoms with Crippen molar-refractivity contribution in [3.63, 3.8) is 0 Å². The Morgan fingerprint density at radius 3 is 2.56 bits per heavy atom. The molecule has 3 rings (SSSR count). The van der Waals surface area contributed by atoms with Gasteiger partial charge in [0.05, 0.1) is 6.04 Å². The molecule has 25 heavy (non-hydrogen) atoms. The van der Waals surface area contributed by atoms with Crippen molar-refractivity contribution in [2.45, 2.75) is 25.8 Å². The molecule has 6 heteroatoms. The monoisotopic (exact) mass is 359 g/mol. The van der Waals surface area contributed by atoms with Crippen LogP contribution >= 0.6 is 11.6 Å². The smallest absolute Gasteiger partial charge is 0.231 e. The van der Waals surface area contributed by atoms with E-state index in [1.54, 1.807) is 24.3 Å². The average Bonchev–Trinajstić information content (AvgIpc) is 3.08. The minimum absolute atomic E-state index is 0.0810. The average molecular weight is 360 g/mol. The summed E-state index contributed by atoms with van der Waals surface area (Å²) in [5.41, 5.74) is 1.47. The molecule has 0 saturated carbocycles. The van der Waals surface area contributed by atoms with Gasteiger partial charge in [-0.05, 0) is 48.9 Å². The molecule has 1 atom stereocenters. The molecule has 0 aliphatic carbocycles. The van der Waals surface area contributed by atoms with Crippen LogP contribution in [0.15, 0.2) is 42.5 Å². The Morgan fingerprint density at radius 1 is 1.08 bits per heavy atom. The Labute approximate surface area is 150 Å². The van der Waals surface area contributed by atoms with Crippen LogP contribution in [0.25, 0.3) is 0 Å². The first-order chi connectivity index (χ1) is 12.0. The maximum atomic E-state index is 12.1. The molecule has 1 aliphatic heterocycles. The molecule has 0 saturated heterocycles. The second-order valence-electron chi connectivity index (χ2n) is 5.83. The Kier molecular flexibility index (Phi) is 5.24. The van der Waals surface area contributed by atoms with E-state index in [0.29, 0.717) is 22.1 Å². The van der Waals surface area contributed by atoms with Gasteiger partial charge in [0.25, 0.3) is 0 Å². The summed E-state index contributed by atoms with van der Waals surface area (Å²) < 4.78 is 10.6. The SMILES string of the molecule is C[C@@H](NC(=O)CCC(=O)c1ccc(Cl)cc1)c1ccc2c(c1)OCO2. The Balaban J connectivity index is 1.52. The van der Waals surface area contributed by atoms with Crippen LogP contribution < -0.4 is 14.8 Å². The van der Waals surface area contributed by atoms with Gasteiger partial charge in [0.2, 0.25) is 12.7 Å². The van der Waals surface area contributed by atoms with Gasteiger partial charge in [0.15, 0.2) is 17.3 Å². The minimum atomic E-state index is -0.187. The molecule has 2 aromatic carbocycles. The van der Waals surface area contributed by atoms with Gasteiger partial charge in [-0.3, -0.25) is 9.59 Å². The van der Waals surface area contributed by atoms with Crippen molar-refractivity contribution in [2.24, 2.45) is 0 Å². The summed E-state index contributed by atoms with van der Waals surface area (Å²) >= 11 is 5.80. The molecule has 0 fully saturated rings. The van der Waals surface area contributed by atoms with Gasteiger partial charge in [-0.15, -0.1) is 0 Å². The van der Waals surface area contributed by atoms with Crippen LogP contribution in [0.1, 0.15) is 41.7 Å². The lowest BCUT2D eigenvalue weighted by Crippen LogP contribution is -2.26. The number of hydrogen-bond donors (Lipinski definition) is 1. The standard InChI is InChI=1S/C19H18ClNO4/c1-12(14-4-8-17-18(10-14)25-11-24-17)21-19(23)9-7-16(22)13-2-5-15(20)6-3-13/h2-6,8,10,12H,7,9,11H2,1H3,(H,21,23)/t12-/m1/s1. The van der Waals surface area contributed by atoms with Gasteiger partial charge in [-0.25, -0.2) is 0 Å². The van der Waals surface area contributed by atoms with Crippen molar-refractivity contribution < 1.29 is 19.1 Å². The quantitative estimate of drug-likeness (QED) is 0.794. The van der Waals surface area contributed by atoms with Crippen molar-refractivity contribution in [3.8, 4) is 11.5 Å². The maximum absolute atomic E-state index is 12.1. The van der Waals surface area contributed by atoms with Crippen molar-refractivity contribution in [1.29, 1.82) is 0 Å². The second-order valence-corrected chi connectivity index (χ2v) is 6.27. The van der Waals surface area contributed by atoms with E-state index < -0.39 is 0 Å². The number of benzene rings is 2. The van der Waals surface area contributed by atoms with Gasteiger partial charge in [0.1, 0.15) is 0 Å². The number of hydrogen-bond acceptors (Lipinski definition) is 4. The number of Topliss-reactive ketones (excluding diaryl/α,β-unsaturated/α-hetero) is 1. The summed E-state index contributed by atoms with van der Waals surface area (Å²) in [5.74, 6) is 1.13. The molecule has 1 aliphatic rings. The highest BCUT2D eigenvalue weighted by Crippen LogP contribution is 2.34. The highest BCUT2D eigenvalue weighted by atomic mass is 35.5. The Hall–Kier alpha value is -2.53. The fraction of sp³-hybridized carbons (Fsp3) is 0.263. The van der Waals surface area contributed by atoms with E-state index in [9.17, 15) is 9.59 Å². The van der Waals surface area contributed by atoms with Gasteiger partial charge in [-0.1, -0.05) is 17.7 Å². The number of halogens is 1. The molecule has 2 aromatic rings. The maximum Gasteiger partial charge on any atom is 0.231 e. The third-order valence-corrected chi connectivity index (χ3v) is 4.27. The third kappa shape index (κ3) is 4.31. The molecule has 1 heterocycles. The van der Waals surface area contributed by atoms with E-state index in [1.807, 2.05) is 25.1 Å². The number of rotatable bonds is 6. The highest BCUT2D eigenvalue weighted by Gasteiger charge is 2.17. The summed E-state index contributed by atoms with van der Waals surface area (Å²) in [4.78, 5) is 24.2. The van der Waals surface area contributed by atoms with Crippen LogP contribution in [0.4, 0.5) is 0 Å². The fourth-order valence-electron chi connectivity index (χ4n) is 2.59. The minimum Gasteiger partial charge on any atom is -0.454 e. The van der Waals surface area contributed by atoms with Gasteiger partial charge in [0, 0.05) is 23.4 Å². The van der Waals surface area contributed by atoms with Crippen LogP contribution in [-0.2, 0) is 4.79 Å². The number of ketones is 1. The van der Waals surface area contributed by atoms with Gasteiger partial charge in [-0.2, -0.15) is 0 Å². The lowest BCUT2D eigenvalue weighted by Gasteiger charge is -2.14. The first-order valence-corrected chi connectivity index (χ1v) is 8.38. The highest BCUT2D eigenvalue weighted by molar-refractivity contribution is 6.30. The van der Waals surface area contributed by atoms with Crippen LogP contribution in [0, 0.1) is 0 Å². The first-order valence-electron chi connectivity index (χ1n) is 8.00. The van der Waals surface area contributed by atoms with Crippen LogP contribution in [0.5, 0.6) is 11.5 Å². The number of amides is 1. The van der Waals surface area contributed by atoms with E-state index in [4.69, 9.17) is 21.1 Å². The van der Waals surface area contributed by atoms with Crippen LogP contribution in [-0.4, -0.2) is 18.5 Å². The molecule has 0 radical (unpaired) electrons. The van der Waals surface area contributed by atoms with E-state index in [1.165, 1.54) is 0 Å². The molecule has 5 nitrogen and oxygen atoms in total. The lowest BCUT2D eigenvalue weighted by atomic mass is 10.1. The molecular weight excluding hydrogens is 342 g/mol. The number of carbonyl (C=O) groups is 2. The topological polar surface area (TPSA) is 64.6 Å². The van der Waals surface area contributed by atoms with Crippen molar-refractivity contribution in [1.82, 2.24) is 5.32 Å². The number of carbonyl (C=O) groups excluding carboxylic acids is 2. The molecule has 130 valence electrons. The Morgan fingerprint density at radius 2 is 1.80 bits per heavy atom. The lowest BCUT2D eigenvalue weighted by molar-refractivity contribution is -0.121. The molecule has 0 spiro atoms. The summed E-state index contributed by atoms with van der Waals surface area (Å²) in [5, 5.41) is 3.47. The van der Waals surface area contributed by atoms with E-state index in [0.717, 1.165) is 5.56 Å². The van der Waals surface area contributed by atoms with Crippen molar-refractivity contribution in [3.05, 3.63) is 58.6 Å². The molecule has 0 bridgehead atoms. The van der Waals surface area contributed by atoms with Crippen LogP contribution in [0.3, 0.4) is 0 Å². The van der Waals surface area contributed by atoms with E-state index in [2.05, 4.69) is 5.32 Å².